The van der Waals surface area contributed by atoms with Gasteiger partial charge >= 0.3 is 0 Å². The second kappa shape index (κ2) is 7.66. The zero-order valence-corrected chi connectivity index (χ0v) is 14.5. The second-order valence-electron chi connectivity index (χ2n) is 5.00. The van der Waals surface area contributed by atoms with E-state index in [1.54, 1.807) is 0 Å². The van der Waals surface area contributed by atoms with E-state index in [2.05, 4.69) is 39.4 Å². The fourth-order valence-electron chi connectivity index (χ4n) is 2.13. The molecule has 1 aromatic carbocycles. The van der Waals surface area contributed by atoms with Gasteiger partial charge in [-0.3, -0.25) is 14.7 Å². The summed E-state index contributed by atoms with van der Waals surface area (Å²) in [5.41, 5.74) is 2.78. The quantitative estimate of drug-likeness (QED) is 0.554. The highest BCUT2D eigenvalue weighted by Gasteiger charge is 2.12. The van der Waals surface area contributed by atoms with Gasteiger partial charge in [0.1, 0.15) is 0 Å². The van der Waals surface area contributed by atoms with Crippen LogP contribution in [0.4, 0.5) is 0 Å². The number of aromatic nitrogens is 1. The number of nitrogens with zero attached hydrogens (tertiary/aromatic N) is 2. The summed E-state index contributed by atoms with van der Waals surface area (Å²) in [5, 5.41) is 0. The van der Waals surface area contributed by atoms with Crippen LogP contribution in [0.5, 0.6) is 0 Å². The first-order chi connectivity index (χ1) is 10.1. The van der Waals surface area contributed by atoms with Crippen LogP contribution < -0.4 is 0 Å². The number of hydrogen-bond donors (Lipinski definition) is 0. The number of ketones is 1. The minimum atomic E-state index is 0.154. The highest BCUT2D eigenvalue weighted by Crippen LogP contribution is 2.09. The number of carbonyl (C=O) groups excluding carboxylic acids is 1. The van der Waals surface area contributed by atoms with Crippen LogP contribution in [0.15, 0.2) is 42.5 Å². The molecule has 4 heteroatoms. The smallest absolute Gasteiger partial charge is 0.176 e. The first-order valence-corrected chi connectivity index (χ1v) is 8.10. The van der Waals surface area contributed by atoms with Crippen LogP contribution in [0.1, 0.15) is 28.7 Å². The molecule has 0 aliphatic heterocycles. The molecule has 0 bridgehead atoms. The lowest BCUT2D eigenvalue weighted by atomic mass is 10.1. The van der Waals surface area contributed by atoms with Gasteiger partial charge in [-0.25, -0.2) is 0 Å². The van der Waals surface area contributed by atoms with Gasteiger partial charge in [-0.15, -0.1) is 0 Å². The summed E-state index contributed by atoms with van der Waals surface area (Å²) in [6, 6.07) is 13.7. The maximum atomic E-state index is 12.3. The summed E-state index contributed by atoms with van der Waals surface area (Å²) < 4.78 is 1.14. The zero-order chi connectivity index (χ0) is 15.2. The Morgan fingerprint density at radius 2 is 1.90 bits per heavy atom. The van der Waals surface area contributed by atoms with Crippen molar-refractivity contribution in [2.45, 2.75) is 20.4 Å². The molecule has 3 nitrogen and oxygen atoms in total. The number of pyridine rings is 1. The minimum absolute atomic E-state index is 0.154. The van der Waals surface area contributed by atoms with Crippen molar-refractivity contribution < 1.29 is 4.79 Å². The van der Waals surface area contributed by atoms with Crippen molar-refractivity contribution in [3.05, 3.63) is 63.0 Å². The van der Waals surface area contributed by atoms with E-state index in [-0.39, 0.29) is 5.78 Å². The fourth-order valence-corrected chi connectivity index (χ4v) is 2.49. The minimum Gasteiger partial charge on any atom is -0.293 e. The molecule has 0 atom stereocenters. The Kier molecular flexibility index (Phi) is 5.87. The fraction of sp³-hybridized carbons (Fsp3) is 0.294. The van der Waals surface area contributed by atoms with Gasteiger partial charge in [0.2, 0.25) is 0 Å². The van der Waals surface area contributed by atoms with Crippen molar-refractivity contribution in [1.82, 2.24) is 9.88 Å². The third-order valence-electron chi connectivity index (χ3n) is 3.31. The van der Waals surface area contributed by atoms with Crippen LogP contribution in [0.25, 0.3) is 0 Å². The molecule has 0 fully saturated rings. The van der Waals surface area contributed by atoms with E-state index < -0.39 is 0 Å². The van der Waals surface area contributed by atoms with E-state index in [0.29, 0.717) is 13.1 Å². The average Bonchev–Trinajstić information content (AvgIpc) is 2.47. The van der Waals surface area contributed by atoms with E-state index >= 15 is 0 Å². The summed E-state index contributed by atoms with van der Waals surface area (Å²) in [4.78, 5) is 18.9. The molecule has 0 saturated heterocycles. The third-order valence-corrected chi connectivity index (χ3v) is 4.03. The number of likely N-dealkylation sites (N-methyl/N-ethyl adjacent to an activating group) is 1. The Labute approximate surface area is 139 Å². The van der Waals surface area contributed by atoms with E-state index in [1.807, 2.05) is 49.4 Å². The Morgan fingerprint density at radius 1 is 1.19 bits per heavy atom. The largest absolute Gasteiger partial charge is 0.293 e. The Hall–Kier alpha value is -1.27. The summed E-state index contributed by atoms with van der Waals surface area (Å²) in [5.74, 6) is 0.154. The maximum absolute atomic E-state index is 12.3. The second-order valence-corrected chi connectivity index (χ2v) is 6.25. The molecule has 0 aliphatic rings. The van der Waals surface area contributed by atoms with Gasteiger partial charge in [0, 0.05) is 21.4 Å². The lowest BCUT2D eigenvalue weighted by Gasteiger charge is -2.19. The van der Waals surface area contributed by atoms with Crippen LogP contribution in [-0.4, -0.2) is 28.8 Å². The van der Waals surface area contributed by atoms with Gasteiger partial charge in [0.25, 0.3) is 0 Å². The van der Waals surface area contributed by atoms with E-state index in [1.165, 1.54) is 0 Å². The van der Waals surface area contributed by atoms with Crippen molar-refractivity contribution in [3.63, 3.8) is 0 Å². The molecule has 0 aliphatic carbocycles. The molecule has 0 radical (unpaired) electrons. The molecule has 21 heavy (non-hydrogen) atoms. The summed E-state index contributed by atoms with van der Waals surface area (Å²) in [6.07, 6.45) is 0. The lowest BCUT2D eigenvalue weighted by Crippen LogP contribution is -2.29. The van der Waals surface area contributed by atoms with Gasteiger partial charge in [-0.05, 0) is 60.3 Å². The summed E-state index contributed by atoms with van der Waals surface area (Å²) in [7, 11) is 0. The van der Waals surface area contributed by atoms with Crippen LogP contribution in [0.3, 0.4) is 0 Å². The van der Waals surface area contributed by atoms with Crippen molar-refractivity contribution in [1.29, 1.82) is 0 Å². The number of rotatable bonds is 6. The van der Waals surface area contributed by atoms with E-state index in [9.17, 15) is 4.79 Å². The van der Waals surface area contributed by atoms with E-state index in [4.69, 9.17) is 0 Å². The van der Waals surface area contributed by atoms with Crippen LogP contribution in [-0.2, 0) is 6.54 Å². The zero-order valence-electron chi connectivity index (χ0n) is 12.3. The number of hydrogen-bond acceptors (Lipinski definition) is 3. The number of benzene rings is 1. The number of halogens is 1. The molecule has 0 amide bonds. The van der Waals surface area contributed by atoms with Gasteiger partial charge in [0.05, 0.1) is 12.2 Å². The maximum Gasteiger partial charge on any atom is 0.176 e. The molecule has 0 spiro atoms. The van der Waals surface area contributed by atoms with Gasteiger partial charge in [-0.1, -0.05) is 25.1 Å². The highest BCUT2D eigenvalue weighted by molar-refractivity contribution is 14.1. The van der Waals surface area contributed by atoms with Gasteiger partial charge < -0.3 is 0 Å². The van der Waals surface area contributed by atoms with E-state index in [0.717, 1.165) is 27.1 Å². The highest BCUT2D eigenvalue weighted by atomic mass is 127. The molecular weight excluding hydrogens is 375 g/mol. The monoisotopic (exact) mass is 394 g/mol. The average molecular weight is 394 g/mol. The molecule has 0 N–H and O–H groups in total. The lowest BCUT2D eigenvalue weighted by molar-refractivity contribution is 0.0929. The van der Waals surface area contributed by atoms with Crippen molar-refractivity contribution in [2.24, 2.45) is 0 Å². The molecular formula is C17H19IN2O. The van der Waals surface area contributed by atoms with Gasteiger partial charge in [-0.2, -0.15) is 0 Å². The first-order valence-electron chi connectivity index (χ1n) is 7.02. The molecule has 0 saturated carbocycles. The SMILES string of the molecule is CCN(CC(=O)c1ccc(I)cc1)Cc1cccc(C)n1. The molecule has 2 aromatic rings. The number of carbonyl (C=O) groups is 1. The summed E-state index contributed by atoms with van der Waals surface area (Å²) >= 11 is 2.24. The molecule has 110 valence electrons. The Morgan fingerprint density at radius 3 is 2.52 bits per heavy atom. The molecule has 1 heterocycles. The number of aryl methyl sites for hydroxylation is 1. The van der Waals surface area contributed by atoms with Crippen LogP contribution >= 0.6 is 22.6 Å². The first kappa shape index (κ1) is 16.1. The predicted molar refractivity (Wildman–Crippen MR) is 93.4 cm³/mol. The Bertz CT molecular complexity index is 610. The normalized spacial score (nSPS) is 10.9. The third kappa shape index (κ3) is 4.89. The van der Waals surface area contributed by atoms with Gasteiger partial charge in [0.15, 0.2) is 5.78 Å². The van der Waals surface area contributed by atoms with Crippen LogP contribution in [0, 0.1) is 10.5 Å². The standard InChI is InChI=1S/C17H19IN2O/c1-3-20(11-16-6-4-5-13(2)19-16)12-17(21)14-7-9-15(18)10-8-14/h4-10H,3,11-12H2,1-2H3. The number of Topliss-reactive ketones (excluding diaryl/α,β-unsaturated/α-hetero) is 1. The predicted octanol–water partition coefficient (Wildman–Crippen LogP) is 3.70. The topological polar surface area (TPSA) is 33.2 Å². The summed E-state index contributed by atoms with van der Waals surface area (Å²) in [6.45, 7) is 6.00. The molecule has 2 rings (SSSR count). The van der Waals surface area contributed by atoms with Crippen LogP contribution in [0.2, 0.25) is 0 Å². The Balaban J connectivity index is 2.01. The molecule has 1 aromatic heterocycles. The van der Waals surface area contributed by atoms with Crippen molar-refractivity contribution in [3.8, 4) is 0 Å². The van der Waals surface area contributed by atoms with Crippen molar-refractivity contribution in [2.75, 3.05) is 13.1 Å². The van der Waals surface area contributed by atoms with Crippen molar-refractivity contribution >= 4 is 28.4 Å². The molecule has 0 unspecified atom stereocenters.